The van der Waals surface area contributed by atoms with Crippen molar-refractivity contribution in [3.05, 3.63) is 63.7 Å². The lowest BCUT2D eigenvalue weighted by molar-refractivity contribution is -0.384. The molecule has 0 saturated heterocycles. The molecule has 0 aliphatic carbocycles. The molecule has 2 aromatic rings. The molecule has 1 aliphatic heterocycles. The molecule has 166 valence electrons. The largest absolute Gasteiger partial charge is 0.480 e. The number of carbonyl (C=O) groups is 2. The molecule has 2 atom stereocenters. The summed E-state index contributed by atoms with van der Waals surface area (Å²) in [5.74, 6) is -2.13. The highest BCUT2D eigenvalue weighted by Crippen LogP contribution is 2.28. The number of amides is 1. The molecule has 0 aromatic heterocycles. The van der Waals surface area contributed by atoms with E-state index in [1.807, 2.05) is 6.92 Å². The third-order valence-corrected chi connectivity index (χ3v) is 4.85. The van der Waals surface area contributed by atoms with Crippen LogP contribution in [-0.2, 0) is 16.0 Å². The van der Waals surface area contributed by atoms with Crippen LogP contribution in [0.3, 0.4) is 0 Å². The second-order valence-corrected chi connectivity index (χ2v) is 6.96. The molecular weight excluding hydrogens is 412 g/mol. The van der Waals surface area contributed by atoms with Crippen molar-refractivity contribution in [3.8, 4) is 0 Å². The molecule has 1 aliphatic rings. The van der Waals surface area contributed by atoms with Crippen molar-refractivity contribution in [2.75, 3.05) is 10.6 Å². The number of benzene rings is 2. The van der Waals surface area contributed by atoms with Crippen LogP contribution < -0.4 is 10.6 Å². The van der Waals surface area contributed by atoms with Crippen LogP contribution in [0.2, 0.25) is 0 Å². The van der Waals surface area contributed by atoms with Crippen LogP contribution >= 0.6 is 0 Å². The lowest BCUT2D eigenvalue weighted by atomic mass is 9.91. The van der Waals surface area contributed by atoms with E-state index in [1.54, 1.807) is 13.0 Å². The van der Waals surface area contributed by atoms with Gasteiger partial charge in [0.25, 0.3) is 5.69 Å². The second-order valence-electron chi connectivity index (χ2n) is 6.96. The third-order valence-electron chi connectivity index (χ3n) is 4.85. The fraction of sp³-hybridized carbons (Fsp3) is 0.333. The molecule has 31 heavy (non-hydrogen) atoms. The number of carboxylic acids is 1. The van der Waals surface area contributed by atoms with E-state index in [2.05, 4.69) is 10.6 Å². The molecular formula is C21H23F2N3O5. The minimum Gasteiger partial charge on any atom is -0.480 e. The Morgan fingerprint density at radius 3 is 2.48 bits per heavy atom. The maximum absolute atomic E-state index is 12.8. The molecule has 1 heterocycles. The van der Waals surface area contributed by atoms with Gasteiger partial charge in [-0.1, -0.05) is 19.9 Å². The first-order valence-corrected chi connectivity index (χ1v) is 9.68. The van der Waals surface area contributed by atoms with E-state index >= 15 is 0 Å². The number of rotatable bonds is 6. The average Bonchev–Trinajstić information content (AvgIpc) is 2.72. The molecule has 2 unspecified atom stereocenters. The normalized spacial score (nSPS) is 15.6. The molecule has 0 bridgehead atoms. The Morgan fingerprint density at radius 1 is 1.26 bits per heavy atom. The molecule has 8 nitrogen and oxygen atoms in total. The van der Waals surface area contributed by atoms with Crippen molar-refractivity contribution in [2.24, 2.45) is 5.92 Å². The Balaban J connectivity index is 0.000000224. The van der Waals surface area contributed by atoms with Crippen LogP contribution in [0.1, 0.15) is 32.3 Å². The summed E-state index contributed by atoms with van der Waals surface area (Å²) in [5.41, 5.74) is 1.16. The minimum absolute atomic E-state index is 0.00519. The summed E-state index contributed by atoms with van der Waals surface area (Å²) in [4.78, 5) is 32.1. The Labute approximate surface area is 177 Å². The van der Waals surface area contributed by atoms with Gasteiger partial charge in [0.05, 0.1) is 11.0 Å². The van der Waals surface area contributed by atoms with Gasteiger partial charge in [-0.15, -0.1) is 0 Å². The highest BCUT2D eigenvalue weighted by atomic mass is 19.1. The molecule has 0 radical (unpaired) electrons. The number of anilines is 2. The van der Waals surface area contributed by atoms with E-state index in [4.69, 9.17) is 5.11 Å². The SMILES string of the molecule is CCC(Nc1ccc(F)cc1[N+](=O)[O-])C(=O)O.CCC1Cc2ccc(F)cc2NC1=O. The summed E-state index contributed by atoms with van der Waals surface area (Å²) < 4.78 is 25.7. The van der Waals surface area contributed by atoms with Crippen LogP contribution in [0.25, 0.3) is 0 Å². The zero-order chi connectivity index (χ0) is 23.1. The second kappa shape index (κ2) is 10.5. The van der Waals surface area contributed by atoms with Gasteiger partial charge in [0, 0.05) is 11.6 Å². The molecule has 0 saturated carbocycles. The third kappa shape index (κ3) is 6.21. The predicted molar refractivity (Wildman–Crippen MR) is 111 cm³/mol. The van der Waals surface area contributed by atoms with Gasteiger partial charge in [-0.3, -0.25) is 14.9 Å². The summed E-state index contributed by atoms with van der Waals surface area (Å²) in [5, 5.41) is 24.7. The number of nitrogens with zero attached hydrogens (tertiary/aromatic N) is 1. The van der Waals surface area contributed by atoms with E-state index in [-0.39, 0.29) is 29.8 Å². The maximum atomic E-state index is 12.8. The summed E-state index contributed by atoms with van der Waals surface area (Å²) >= 11 is 0. The smallest absolute Gasteiger partial charge is 0.326 e. The number of carbonyl (C=O) groups excluding carboxylic acids is 1. The lowest BCUT2D eigenvalue weighted by Crippen LogP contribution is -2.29. The molecule has 2 aromatic carbocycles. The van der Waals surface area contributed by atoms with Gasteiger partial charge in [0.2, 0.25) is 5.91 Å². The zero-order valence-corrected chi connectivity index (χ0v) is 17.0. The van der Waals surface area contributed by atoms with Crippen molar-refractivity contribution in [2.45, 2.75) is 39.2 Å². The first kappa shape index (κ1) is 23.7. The summed E-state index contributed by atoms with van der Waals surface area (Å²) in [6, 6.07) is 6.54. The Hall–Kier alpha value is -3.56. The molecule has 0 fully saturated rings. The van der Waals surface area contributed by atoms with Gasteiger partial charge >= 0.3 is 5.97 Å². The van der Waals surface area contributed by atoms with E-state index in [9.17, 15) is 28.5 Å². The summed E-state index contributed by atoms with van der Waals surface area (Å²) in [6.45, 7) is 3.61. The van der Waals surface area contributed by atoms with E-state index in [1.165, 1.54) is 12.1 Å². The van der Waals surface area contributed by atoms with Crippen LogP contribution in [0, 0.1) is 27.7 Å². The van der Waals surface area contributed by atoms with Gasteiger partial charge in [-0.05, 0) is 49.1 Å². The Bertz CT molecular complexity index is 983. The number of hydrogen-bond donors (Lipinski definition) is 3. The molecule has 3 rings (SSSR count). The number of nitro groups is 1. The van der Waals surface area contributed by atoms with E-state index in [0.717, 1.165) is 36.6 Å². The van der Waals surface area contributed by atoms with Gasteiger partial charge in [-0.2, -0.15) is 0 Å². The van der Waals surface area contributed by atoms with Gasteiger partial charge in [-0.25, -0.2) is 13.6 Å². The highest BCUT2D eigenvalue weighted by Gasteiger charge is 2.24. The van der Waals surface area contributed by atoms with Gasteiger partial charge in [0.1, 0.15) is 23.4 Å². The van der Waals surface area contributed by atoms with Crippen LogP contribution in [0.4, 0.5) is 25.8 Å². The Morgan fingerprint density at radius 2 is 1.90 bits per heavy atom. The van der Waals surface area contributed by atoms with Crippen molar-refractivity contribution in [1.82, 2.24) is 0 Å². The monoisotopic (exact) mass is 435 g/mol. The van der Waals surface area contributed by atoms with Crippen LogP contribution in [-0.4, -0.2) is 27.9 Å². The van der Waals surface area contributed by atoms with Crippen molar-refractivity contribution < 1.29 is 28.4 Å². The number of fused-ring (bicyclic) bond motifs is 1. The zero-order valence-electron chi connectivity index (χ0n) is 17.0. The summed E-state index contributed by atoms with van der Waals surface area (Å²) in [7, 11) is 0. The number of aliphatic carboxylic acids is 1. The molecule has 1 amide bonds. The standard InChI is InChI=1S/C11H12FNO.C10H11FN2O4/c1-2-7-5-8-3-4-9(12)6-10(8)13-11(7)14;1-2-7(10(14)15)12-8-4-3-6(11)5-9(8)13(16)17/h3-4,6-7H,2,5H2,1H3,(H,13,14);3-5,7,12H,2H2,1H3,(H,14,15). The number of hydrogen-bond acceptors (Lipinski definition) is 5. The van der Waals surface area contributed by atoms with E-state index < -0.39 is 28.4 Å². The van der Waals surface area contributed by atoms with E-state index in [0.29, 0.717) is 5.69 Å². The fourth-order valence-electron chi connectivity index (χ4n) is 3.07. The van der Waals surface area contributed by atoms with Gasteiger partial charge in [0.15, 0.2) is 0 Å². The van der Waals surface area contributed by atoms with Gasteiger partial charge < -0.3 is 15.7 Å². The quantitative estimate of drug-likeness (QED) is 0.458. The molecule has 3 N–H and O–H groups in total. The first-order chi connectivity index (χ1) is 14.7. The maximum Gasteiger partial charge on any atom is 0.326 e. The minimum atomic E-state index is -1.12. The average molecular weight is 435 g/mol. The fourth-order valence-corrected chi connectivity index (χ4v) is 3.07. The topological polar surface area (TPSA) is 122 Å². The molecule has 10 heteroatoms. The number of nitro benzene ring substituents is 1. The predicted octanol–water partition coefficient (Wildman–Crippen LogP) is 4.36. The number of halogens is 2. The summed E-state index contributed by atoms with van der Waals surface area (Å²) in [6.07, 6.45) is 1.80. The van der Waals surface area contributed by atoms with Crippen LogP contribution in [0.5, 0.6) is 0 Å². The number of carboxylic acid groups (broad SMARTS) is 1. The van der Waals surface area contributed by atoms with Crippen LogP contribution in [0.15, 0.2) is 36.4 Å². The first-order valence-electron chi connectivity index (χ1n) is 9.68. The van der Waals surface area contributed by atoms with Crippen molar-refractivity contribution >= 4 is 28.9 Å². The molecule has 0 spiro atoms. The highest BCUT2D eigenvalue weighted by molar-refractivity contribution is 5.95. The lowest BCUT2D eigenvalue weighted by Gasteiger charge is -2.23. The van der Waals surface area contributed by atoms with Crippen molar-refractivity contribution in [3.63, 3.8) is 0 Å². The Kier molecular flexibility index (Phi) is 8.00. The van der Waals surface area contributed by atoms with Crippen molar-refractivity contribution in [1.29, 1.82) is 0 Å². The number of nitrogens with one attached hydrogen (secondary N) is 2.